The first-order valence-electron chi connectivity index (χ1n) is 11.6. The average Bonchev–Trinajstić information content (AvgIpc) is 3.37. The standard InChI is InChI=1S/C23H29ClFN9O/c1-32(2)8-14-15(9-34-12-30-18-20(26)28-11-29-21(18)34)19(16(24)7-17(14)25)33-6-5-23(27,10-33)22(35)31-13-3-4-13/h7,11-13H,3-6,8-10,27H2,1-2H3,(H,31,35)(H2,26,28,29)/t23-/m1/s1. The highest BCUT2D eigenvalue weighted by atomic mass is 35.5. The van der Waals surface area contributed by atoms with Crippen LogP contribution in [0.3, 0.4) is 0 Å². The highest BCUT2D eigenvalue weighted by Crippen LogP contribution is 2.39. The molecule has 1 atom stereocenters. The Morgan fingerprint density at radius 3 is 2.80 bits per heavy atom. The summed E-state index contributed by atoms with van der Waals surface area (Å²) in [6.45, 7) is 1.42. The number of amides is 1. The Balaban J connectivity index is 1.56. The number of fused-ring (bicyclic) bond motifs is 1. The van der Waals surface area contributed by atoms with Gasteiger partial charge in [0, 0.05) is 36.8 Å². The van der Waals surface area contributed by atoms with Gasteiger partial charge in [-0.3, -0.25) is 4.79 Å². The van der Waals surface area contributed by atoms with Crippen LogP contribution >= 0.6 is 11.6 Å². The van der Waals surface area contributed by atoms with E-state index >= 15 is 4.39 Å². The van der Waals surface area contributed by atoms with E-state index in [1.807, 2.05) is 23.9 Å². The Bertz CT molecular complexity index is 1290. The van der Waals surface area contributed by atoms with Crippen molar-refractivity contribution in [2.45, 2.75) is 43.9 Å². The van der Waals surface area contributed by atoms with Gasteiger partial charge >= 0.3 is 0 Å². The first kappa shape index (κ1) is 23.7. The number of nitrogens with zero attached hydrogens (tertiary/aromatic N) is 6. The van der Waals surface area contributed by atoms with Crippen molar-refractivity contribution >= 4 is 40.2 Å². The zero-order chi connectivity index (χ0) is 24.9. The third-order valence-corrected chi connectivity index (χ3v) is 6.92. The van der Waals surface area contributed by atoms with Gasteiger partial charge in [-0.2, -0.15) is 0 Å². The number of carbonyl (C=O) groups is 1. The van der Waals surface area contributed by atoms with Crippen LogP contribution in [0.25, 0.3) is 11.2 Å². The molecule has 1 amide bonds. The zero-order valence-corrected chi connectivity index (χ0v) is 20.5. The van der Waals surface area contributed by atoms with E-state index in [4.69, 9.17) is 23.1 Å². The van der Waals surface area contributed by atoms with Crippen molar-refractivity contribution in [2.24, 2.45) is 5.73 Å². The number of halogens is 2. The molecular formula is C23H29ClFN9O. The summed E-state index contributed by atoms with van der Waals surface area (Å²) in [6, 6.07) is 1.56. The lowest BCUT2D eigenvalue weighted by atomic mass is 9.98. The summed E-state index contributed by atoms with van der Waals surface area (Å²) in [6.07, 6.45) is 5.43. The van der Waals surface area contributed by atoms with Crippen LogP contribution in [0, 0.1) is 5.82 Å². The number of nitrogens with two attached hydrogens (primary N) is 2. The van der Waals surface area contributed by atoms with Gasteiger partial charge in [-0.1, -0.05) is 11.6 Å². The van der Waals surface area contributed by atoms with Crippen LogP contribution in [-0.4, -0.2) is 69.1 Å². The minimum Gasteiger partial charge on any atom is -0.382 e. The summed E-state index contributed by atoms with van der Waals surface area (Å²) in [5.74, 6) is -0.275. The van der Waals surface area contributed by atoms with Gasteiger partial charge in [0.25, 0.3) is 0 Å². The molecule has 0 unspecified atom stereocenters. The fourth-order valence-electron chi connectivity index (χ4n) is 4.65. The van der Waals surface area contributed by atoms with E-state index in [0.717, 1.165) is 12.8 Å². The maximum Gasteiger partial charge on any atom is 0.242 e. The Morgan fingerprint density at radius 1 is 1.31 bits per heavy atom. The van der Waals surface area contributed by atoms with Crippen LogP contribution in [0.4, 0.5) is 15.9 Å². The van der Waals surface area contributed by atoms with Crippen molar-refractivity contribution in [1.29, 1.82) is 0 Å². The molecule has 12 heteroatoms. The fourth-order valence-corrected chi connectivity index (χ4v) is 4.98. The molecule has 0 bridgehead atoms. The molecule has 3 aromatic rings. The van der Waals surface area contributed by atoms with Crippen LogP contribution in [0.2, 0.25) is 5.02 Å². The molecule has 0 spiro atoms. The second-order valence-electron chi connectivity index (χ2n) is 9.76. The van der Waals surface area contributed by atoms with Crippen LogP contribution < -0.4 is 21.7 Å². The van der Waals surface area contributed by atoms with Crippen LogP contribution in [0.5, 0.6) is 0 Å². The van der Waals surface area contributed by atoms with Crippen molar-refractivity contribution in [3.8, 4) is 0 Å². The Morgan fingerprint density at radius 2 is 2.09 bits per heavy atom. The summed E-state index contributed by atoms with van der Waals surface area (Å²) in [5.41, 5.74) is 14.4. The van der Waals surface area contributed by atoms with Crippen molar-refractivity contribution < 1.29 is 9.18 Å². The number of anilines is 2. The molecule has 0 radical (unpaired) electrons. The summed E-state index contributed by atoms with van der Waals surface area (Å²) in [7, 11) is 3.75. The third-order valence-electron chi connectivity index (χ3n) is 6.63. The number of nitrogen functional groups attached to an aromatic ring is 1. The molecule has 2 aromatic heterocycles. The average molecular weight is 502 g/mol. The molecule has 5 N–H and O–H groups in total. The van der Waals surface area contributed by atoms with E-state index in [1.54, 1.807) is 10.9 Å². The lowest BCUT2D eigenvalue weighted by molar-refractivity contribution is -0.125. The molecule has 1 aromatic carbocycles. The second kappa shape index (κ2) is 8.89. The predicted octanol–water partition coefficient (Wildman–Crippen LogP) is 1.50. The SMILES string of the molecule is CN(C)Cc1c(F)cc(Cl)c(N2CC[C@](N)(C(=O)NC3CC3)C2)c1Cn1cnc2c(N)ncnc21. The number of benzene rings is 1. The minimum absolute atomic E-state index is 0.149. The molecule has 3 heterocycles. The lowest BCUT2D eigenvalue weighted by Crippen LogP contribution is -2.56. The molecule has 1 saturated heterocycles. The van der Waals surface area contributed by atoms with E-state index in [-0.39, 0.29) is 35.9 Å². The molecule has 5 rings (SSSR count). The second-order valence-corrected chi connectivity index (χ2v) is 10.2. The van der Waals surface area contributed by atoms with Gasteiger partial charge in [-0.25, -0.2) is 19.3 Å². The van der Waals surface area contributed by atoms with E-state index < -0.39 is 11.4 Å². The number of nitrogens with one attached hydrogen (secondary N) is 1. The van der Waals surface area contributed by atoms with Gasteiger partial charge in [-0.15, -0.1) is 0 Å². The summed E-state index contributed by atoms with van der Waals surface area (Å²) >= 11 is 6.67. The van der Waals surface area contributed by atoms with Crippen molar-refractivity contribution in [3.63, 3.8) is 0 Å². The largest absolute Gasteiger partial charge is 0.382 e. The minimum atomic E-state index is -1.04. The maximum absolute atomic E-state index is 15.3. The van der Waals surface area contributed by atoms with E-state index in [1.165, 1.54) is 12.4 Å². The van der Waals surface area contributed by atoms with Gasteiger partial charge in [0.2, 0.25) is 5.91 Å². The molecule has 2 fully saturated rings. The predicted molar refractivity (Wildman–Crippen MR) is 133 cm³/mol. The highest BCUT2D eigenvalue weighted by Gasteiger charge is 2.44. The van der Waals surface area contributed by atoms with Gasteiger partial charge in [-0.05, 0) is 39.4 Å². The van der Waals surface area contributed by atoms with Crippen molar-refractivity contribution in [2.75, 3.05) is 37.8 Å². The number of rotatable bonds is 7. The zero-order valence-electron chi connectivity index (χ0n) is 19.8. The summed E-state index contributed by atoms with van der Waals surface area (Å²) in [5, 5.41) is 3.29. The summed E-state index contributed by atoms with van der Waals surface area (Å²) < 4.78 is 17.1. The van der Waals surface area contributed by atoms with Gasteiger partial charge in [0.05, 0.1) is 23.6 Å². The molecular weight excluding hydrogens is 473 g/mol. The third kappa shape index (κ3) is 4.51. The monoisotopic (exact) mass is 501 g/mol. The molecule has 1 aliphatic heterocycles. The molecule has 1 aliphatic carbocycles. The Kier molecular flexibility index (Phi) is 6.02. The quantitative estimate of drug-likeness (QED) is 0.444. The van der Waals surface area contributed by atoms with Gasteiger partial charge in [0.15, 0.2) is 11.5 Å². The van der Waals surface area contributed by atoms with Crippen LogP contribution in [-0.2, 0) is 17.9 Å². The fraction of sp³-hybridized carbons (Fsp3) is 0.478. The normalized spacial score (nSPS) is 20.2. The van der Waals surface area contributed by atoms with Crippen molar-refractivity contribution in [1.82, 2.24) is 29.7 Å². The van der Waals surface area contributed by atoms with Crippen molar-refractivity contribution in [3.05, 3.63) is 40.7 Å². The van der Waals surface area contributed by atoms with E-state index in [0.29, 0.717) is 47.5 Å². The number of carbonyl (C=O) groups excluding carboxylic acids is 1. The lowest BCUT2D eigenvalue weighted by Gasteiger charge is -2.29. The first-order chi connectivity index (χ1) is 16.7. The molecule has 1 saturated carbocycles. The van der Waals surface area contributed by atoms with Crippen LogP contribution in [0.1, 0.15) is 30.4 Å². The number of hydrogen-bond acceptors (Lipinski definition) is 8. The van der Waals surface area contributed by atoms with E-state index in [2.05, 4.69) is 20.3 Å². The first-order valence-corrected chi connectivity index (χ1v) is 11.9. The van der Waals surface area contributed by atoms with Gasteiger partial charge < -0.3 is 31.2 Å². The smallest absolute Gasteiger partial charge is 0.242 e. The number of imidazole rings is 1. The van der Waals surface area contributed by atoms with Gasteiger partial charge in [0.1, 0.15) is 23.2 Å². The van der Waals surface area contributed by atoms with Crippen LogP contribution in [0.15, 0.2) is 18.7 Å². The number of hydrogen-bond donors (Lipinski definition) is 3. The Hall–Kier alpha value is -3.02. The van der Waals surface area contributed by atoms with E-state index in [9.17, 15) is 4.79 Å². The highest BCUT2D eigenvalue weighted by molar-refractivity contribution is 6.33. The summed E-state index contributed by atoms with van der Waals surface area (Å²) in [4.78, 5) is 29.4. The molecule has 35 heavy (non-hydrogen) atoms. The molecule has 186 valence electrons. The number of aromatic nitrogens is 4. The molecule has 2 aliphatic rings. The topological polar surface area (TPSA) is 131 Å². The molecule has 10 nitrogen and oxygen atoms in total. The maximum atomic E-state index is 15.3. The Labute approximate surface area is 207 Å².